The van der Waals surface area contributed by atoms with Crippen molar-refractivity contribution >= 4 is 34.1 Å². The van der Waals surface area contributed by atoms with Gasteiger partial charge in [0.25, 0.3) is 0 Å². The molecule has 0 aliphatic heterocycles. The summed E-state index contributed by atoms with van der Waals surface area (Å²) in [6.45, 7) is 14.1. The summed E-state index contributed by atoms with van der Waals surface area (Å²) in [6.07, 6.45) is 0. The summed E-state index contributed by atoms with van der Waals surface area (Å²) in [7, 11) is 0. The van der Waals surface area contributed by atoms with E-state index in [1.807, 2.05) is 0 Å². The van der Waals surface area contributed by atoms with E-state index in [1.54, 1.807) is 0 Å². The zero-order valence-electron chi connectivity index (χ0n) is 41.5. The minimum Gasteiger partial charge on any atom is -0.310 e. The molecule has 1 spiro atoms. The van der Waals surface area contributed by atoms with Gasteiger partial charge in [0.1, 0.15) is 0 Å². The van der Waals surface area contributed by atoms with Gasteiger partial charge >= 0.3 is 0 Å². The van der Waals surface area contributed by atoms with Crippen LogP contribution in [0.25, 0.3) is 44.5 Å². The number of rotatable bonds is 8. The highest BCUT2D eigenvalue weighted by molar-refractivity contribution is 5.98. The molecule has 0 saturated carbocycles. The molecule has 344 valence electrons. The molecule has 2 heteroatoms. The maximum Gasteiger partial charge on any atom is 0.0727 e. The van der Waals surface area contributed by atoms with Crippen molar-refractivity contribution in [3.05, 3.63) is 276 Å². The first-order chi connectivity index (χ1) is 34.5. The molecule has 1 unspecified atom stereocenters. The average molecular weight is 915 g/mol. The number of fused-ring (bicyclic) bond motifs is 10. The minimum atomic E-state index is -0.636. The highest BCUT2D eigenvalue weighted by atomic mass is 15.1. The Hall–Kier alpha value is -8.20. The Kier molecular flexibility index (Phi) is 10.6. The molecule has 2 aliphatic carbocycles. The lowest BCUT2D eigenvalue weighted by Gasteiger charge is -2.34. The van der Waals surface area contributed by atoms with Crippen LogP contribution in [0.2, 0.25) is 0 Å². The van der Waals surface area contributed by atoms with E-state index in [9.17, 15) is 0 Å². The second kappa shape index (κ2) is 17.0. The molecule has 1 atom stereocenters. The molecule has 0 N–H and O–H groups in total. The van der Waals surface area contributed by atoms with Crippen LogP contribution in [0.15, 0.2) is 243 Å². The Labute approximate surface area is 420 Å². The zero-order valence-corrected chi connectivity index (χ0v) is 41.5. The van der Waals surface area contributed by atoms with E-state index in [4.69, 9.17) is 0 Å². The van der Waals surface area contributed by atoms with Crippen LogP contribution in [0.4, 0.5) is 34.1 Å². The van der Waals surface area contributed by atoms with E-state index in [-0.39, 0.29) is 10.8 Å². The number of nitrogens with zero attached hydrogens (tertiary/aromatic N) is 2. The van der Waals surface area contributed by atoms with E-state index in [1.165, 1.54) is 77.9 Å². The third-order valence-electron chi connectivity index (χ3n) is 15.0. The fraction of sp³-hybridized carbons (Fsp3) is 0.130. The van der Waals surface area contributed by atoms with Gasteiger partial charge in [-0.3, -0.25) is 0 Å². The topological polar surface area (TPSA) is 6.48 Å². The lowest BCUT2D eigenvalue weighted by Crippen LogP contribution is -2.28. The van der Waals surface area contributed by atoms with E-state index >= 15 is 0 Å². The summed E-state index contributed by atoms with van der Waals surface area (Å²) in [5, 5.41) is 0. The second-order valence-electron chi connectivity index (χ2n) is 21.4. The van der Waals surface area contributed by atoms with Crippen molar-refractivity contribution in [3.63, 3.8) is 0 Å². The summed E-state index contributed by atoms with van der Waals surface area (Å²) in [6, 6.07) is 90.4. The molecule has 0 radical (unpaired) electrons. The molecule has 0 aromatic heterocycles. The smallest absolute Gasteiger partial charge is 0.0727 e. The van der Waals surface area contributed by atoms with Crippen LogP contribution >= 0.6 is 0 Å². The van der Waals surface area contributed by atoms with Gasteiger partial charge in [0, 0.05) is 34.1 Å². The van der Waals surface area contributed by atoms with Crippen LogP contribution < -0.4 is 9.80 Å². The average Bonchev–Trinajstić information content (AvgIpc) is 3.86. The number of hydrogen-bond donors (Lipinski definition) is 0. The molecule has 10 aromatic carbocycles. The highest BCUT2D eigenvalue weighted by Crippen LogP contribution is 2.65. The lowest BCUT2D eigenvalue weighted by molar-refractivity contribution is 0.586. The van der Waals surface area contributed by atoms with Crippen LogP contribution in [0.3, 0.4) is 0 Å². The van der Waals surface area contributed by atoms with Gasteiger partial charge < -0.3 is 9.80 Å². The van der Waals surface area contributed by atoms with Crippen molar-refractivity contribution in [2.75, 3.05) is 9.80 Å². The molecule has 2 aliphatic rings. The summed E-state index contributed by atoms with van der Waals surface area (Å²) in [4.78, 5) is 4.86. The van der Waals surface area contributed by atoms with Crippen molar-refractivity contribution in [3.8, 4) is 44.5 Å². The van der Waals surface area contributed by atoms with Crippen LogP contribution in [0.1, 0.15) is 74.9 Å². The number of para-hydroxylation sites is 2. The van der Waals surface area contributed by atoms with Crippen molar-refractivity contribution in [2.45, 2.75) is 57.8 Å². The van der Waals surface area contributed by atoms with E-state index in [0.717, 1.165) is 34.1 Å². The monoisotopic (exact) mass is 914 g/mol. The lowest BCUT2D eigenvalue weighted by atomic mass is 9.68. The molecule has 0 heterocycles. The molecule has 2 nitrogen and oxygen atoms in total. The number of benzene rings is 10. The normalized spacial score (nSPS) is 14.4. The van der Waals surface area contributed by atoms with Crippen LogP contribution in [0, 0.1) is 0 Å². The molecule has 0 bridgehead atoms. The molecule has 12 rings (SSSR count). The van der Waals surface area contributed by atoms with E-state index in [0.29, 0.717) is 0 Å². The summed E-state index contributed by atoms with van der Waals surface area (Å²) < 4.78 is 0. The SMILES string of the molecule is CC(C)(C)c1ccc2c(c1)C1(c3cc(N(c4ccccc4)c4ccccc4)ccc3-2)c2cc(N(c3ccc(-c4ccccc4)cc3)c3ccc(-c4ccccc4)cc3)ccc2-c2ccc(C(C)(C)C)cc21. The molecule has 0 fully saturated rings. The fourth-order valence-electron chi connectivity index (χ4n) is 11.3. The largest absolute Gasteiger partial charge is 0.310 e. The van der Waals surface area contributed by atoms with Crippen LogP contribution in [-0.2, 0) is 16.2 Å². The zero-order chi connectivity index (χ0) is 48.5. The van der Waals surface area contributed by atoms with Crippen LogP contribution in [0.5, 0.6) is 0 Å². The first-order valence-electron chi connectivity index (χ1n) is 25.1. The second-order valence-corrected chi connectivity index (χ2v) is 21.4. The van der Waals surface area contributed by atoms with Gasteiger partial charge in [-0.1, -0.05) is 211 Å². The maximum absolute atomic E-state index is 2.55. The van der Waals surface area contributed by atoms with Crippen LogP contribution in [-0.4, -0.2) is 0 Å². The first kappa shape index (κ1) is 44.0. The van der Waals surface area contributed by atoms with Crippen molar-refractivity contribution in [1.29, 1.82) is 0 Å². The third kappa shape index (κ3) is 7.49. The molecule has 0 saturated heterocycles. The summed E-state index contributed by atoms with van der Waals surface area (Å²) in [5.74, 6) is 0. The summed E-state index contributed by atoms with van der Waals surface area (Å²) >= 11 is 0. The Balaban J connectivity index is 1.13. The predicted octanol–water partition coefficient (Wildman–Crippen LogP) is 18.9. The predicted molar refractivity (Wildman–Crippen MR) is 300 cm³/mol. The highest BCUT2D eigenvalue weighted by Gasteiger charge is 2.53. The van der Waals surface area contributed by atoms with Gasteiger partial charge in [-0.25, -0.2) is 0 Å². The van der Waals surface area contributed by atoms with Gasteiger partial charge in [-0.2, -0.15) is 0 Å². The molecule has 71 heavy (non-hydrogen) atoms. The quantitative estimate of drug-likeness (QED) is 0.150. The number of anilines is 6. The Morgan fingerprint density at radius 2 is 0.521 bits per heavy atom. The molecular formula is C69H58N2. The van der Waals surface area contributed by atoms with Gasteiger partial charge in [-0.15, -0.1) is 0 Å². The summed E-state index contributed by atoms with van der Waals surface area (Å²) in [5.41, 5.74) is 23.8. The van der Waals surface area contributed by atoms with Gasteiger partial charge in [-0.05, 0) is 162 Å². The fourth-order valence-corrected chi connectivity index (χ4v) is 11.3. The third-order valence-corrected chi connectivity index (χ3v) is 15.0. The Morgan fingerprint density at radius 1 is 0.254 bits per heavy atom. The molecule has 10 aromatic rings. The van der Waals surface area contributed by atoms with E-state index < -0.39 is 5.41 Å². The van der Waals surface area contributed by atoms with Crippen molar-refractivity contribution < 1.29 is 0 Å². The maximum atomic E-state index is 2.55. The van der Waals surface area contributed by atoms with Gasteiger partial charge in [0.2, 0.25) is 0 Å². The minimum absolute atomic E-state index is 0.0679. The van der Waals surface area contributed by atoms with E-state index in [2.05, 4.69) is 294 Å². The number of hydrogen-bond acceptors (Lipinski definition) is 2. The van der Waals surface area contributed by atoms with Crippen molar-refractivity contribution in [2.24, 2.45) is 0 Å². The van der Waals surface area contributed by atoms with Gasteiger partial charge in [0.05, 0.1) is 5.41 Å². The Morgan fingerprint density at radius 3 is 0.859 bits per heavy atom. The standard InChI is InChI=1S/C69H58N2/c1-67(2,3)51-31-39-59-61-41-37-57(70(53-23-15-9-16-24-53)54-25-17-10-18-26-54)45-65(61)69(63(59)43-51)64-44-52(68(4,5)6)32-40-60(64)62-42-38-58(46-66(62)69)71(55-33-27-49(28-34-55)47-19-11-7-12-20-47)56-35-29-50(30-36-56)48-21-13-8-14-22-48/h7-46H,1-6H3. The van der Waals surface area contributed by atoms with Crippen molar-refractivity contribution in [1.82, 2.24) is 0 Å². The first-order valence-corrected chi connectivity index (χ1v) is 25.1. The molecular weight excluding hydrogens is 857 g/mol. The molecule has 0 amide bonds. The van der Waals surface area contributed by atoms with Gasteiger partial charge in [0.15, 0.2) is 0 Å². The Bertz CT molecular complexity index is 3410.